The Bertz CT molecular complexity index is 1170. The monoisotopic (exact) mass is 485 g/mol. The summed E-state index contributed by atoms with van der Waals surface area (Å²) in [5.74, 6) is -2.01. The molecule has 1 atom stereocenters. The minimum Gasteiger partial charge on any atom is -0.507 e. The summed E-state index contributed by atoms with van der Waals surface area (Å²) in [5, 5.41) is 23.9. The number of anilines is 1. The number of nitro benzene ring substituents is 1. The summed E-state index contributed by atoms with van der Waals surface area (Å²) < 4.78 is 0.786. The number of ketones is 1. The molecule has 0 bridgehead atoms. The molecule has 0 saturated carbocycles. The van der Waals surface area contributed by atoms with E-state index in [0.717, 1.165) is 4.47 Å². The zero-order chi connectivity index (χ0) is 21.4. The minimum atomic E-state index is -0.972. The second-order valence-electron chi connectivity index (χ2n) is 6.34. The number of hydrogen-bond donors (Lipinski definition) is 1. The molecule has 150 valence electrons. The van der Waals surface area contributed by atoms with E-state index in [1.807, 2.05) is 0 Å². The number of rotatable bonds is 4. The van der Waals surface area contributed by atoms with Crippen LogP contribution in [0.4, 0.5) is 10.8 Å². The number of aliphatic hydroxyl groups excluding tert-OH is 1. The van der Waals surface area contributed by atoms with Crippen molar-refractivity contribution in [3.8, 4) is 0 Å². The first-order valence-electron chi connectivity index (χ1n) is 8.59. The number of amides is 1. The summed E-state index contributed by atoms with van der Waals surface area (Å²) in [6.07, 6.45) is 1.50. The Balaban J connectivity index is 1.91. The van der Waals surface area contributed by atoms with E-state index in [-0.39, 0.29) is 22.2 Å². The quantitative estimate of drug-likeness (QED) is 0.192. The average Bonchev–Trinajstić information content (AvgIpc) is 3.35. The van der Waals surface area contributed by atoms with Crippen molar-refractivity contribution in [2.45, 2.75) is 6.04 Å². The Morgan fingerprint density at radius 2 is 1.80 bits per heavy atom. The molecule has 4 rings (SSSR count). The molecule has 1 aliphatic rings. The van der Waals surface area contributed by atoms with Crippen LogP contribution >= 0.6 is 27.3 Å². The van der Waals surface area contributed by atoms with E-state index in [0.29, 0.717) is 11.1 Å². The fourth-order valence-electron chi connectivity index (χ4n) is 3.22. The number of halogens is 1. The average molecular weight is 486 g/mol. The van der Waals surface area contributed by atoms with Crippen LogP contribution in [0.3, 0.4) is 0 Å². The summed E-state index contributed by atoms with van der Waals surface area (Å²) >= 11 is 4.48. The van der Waals surface area contributed by atoms with Crippen LogP contribution < -0.4 is 4.90 Å². The highest BCUT2D eigenvalue weighted by Crippen LogP contribution is 2.43. The van der Waals surface area contributed by atoms with Gasteiger partial charge in [0.1, 0.15) is 5.76 Å². The van der Waals surface area contributed by atoms with Crippen molar-refractivity contribution in [3.05, 3.63) is 91.4 Å². The molecule has 8 nitrogen and oxygen atoms in total. The van der Waals surface area contributed by atoms with E-state index in [4.69, 9.17) is 0 Å². The van der Waals surface area contributed by atoms with Gasteiger partial charge in [0.2, 0.25) is 0 Å². The number of benzene rings is 2. The molecular formula is C20H12BrN3O5S. The molecule has 0 aliphatic carbocycles. The van der Waals surface area contributed by atoms with Gasteiger partial charge >= 0.3 is 5.91 Å². The van der Waals surface area contributed by atoms with Gasteiger partial charge in [0.25, 0.3) is 11.5 Å². The number of non-ortho nitro benzene ring substituents is 1. The van der Waals surface area contributed by atoms with Crippen molar-refractivity contribution >= 4 is 55.5 Å². The Morgan fingerprint density at radius 3 is 2.37 bits per heavy atom. The molecule has 10 heteroatoms. The van der Waals surface area contributed by atoms with Gasteiger partial charge in [-0.1, -0.05) is 28.1 Å². The van der Waals surface area contributed by atoms with Crippen LogP contribution in [0.15, 0.2) is 70.2 Å². The predicted octanol–water partition coefficient (Wildman–Crippen LogP) is 4.44. The molecule has 1 fully saturated rings. The van der Waals surface area contributed by atoms with Gasteiger partial charge in [-0.25, -0.2) is 4.98 Å². The summed E-state index contributed by atoms with van der Waals surface area (Å²) in [6.45, 7) is 0. The first-order chi connectivity index (χ1) is 14.4. The molecule has 2 heterocycles. The third-order valence-electron chi connectivity index (χ3n) is 4.61. The number of aromatic nitrogens is 1. The van der Waals surface area contributed by atoms with Crippen LogP contribution in [0.5, 0.6) is 0 Å². The van der Waals surface area contributed by atoms with E-state index >= 15 is 0 Å². The zero-order valence-corrected chi connectivity index (χ0v) is 17.5. The summed E-state index contributed by atoms with van der Waals surface area (Å²) in [4.78, 5) is 41.6. The molecule has 1 saturated heterocycles. The zero-order valence-electron chi connectivity index (χ0n) is 15.1. The lowest BCUT2D eigenvalue weighted by Crippen LogP contribution is -2.29. The van der Waals surface area contributed by atoms with Gasteiger partial charge in [0.15, 0.2) is 5.13 Å². The second kappa shape index (κ2) is 7.81. The topological polar surface area (TPSA) is 114 Å². The highest BCUT2D eigenvalue weighted by molar-refractivity contribution is 9.10. The summed E-state index contributed by atoms with van der Waals surface area (Å²) in [6, 6.07) is 11.2. The summed E-state index contributed by atoms with van der Waals surface area (Å²) in [7, 11) is 0. The Labute approximate surface area is 182 Å². The van der Waals surface area contributed by atoms with Crippen molar-refractivity contribution < 1.29 is 19.6 Å². The van der Waals surface area contributed by atoms with Crippen molar-refractivity contribution in [2.24, 2.45) is 0 Å². The third kappa shape index (κ3) is 3.40. The molecule has 1 N–H and O–H groups in total. The third-order valence-corrected chi connectivity index (χ3v) is 5.91. The van der Waals surface area contributed by atoms with Crippen molar-refractivity contribution in [1.82, 2.24) is 4.98 Å². The number of nitro groups is 1. The lowest BCUT2D eigenvalue weighted by atomic mass is 9.95. The number of carbonyl (C=O) groups is 2. The van der Waals surface area contributed by atoms with E-state index in [1.54, 1.807) is 29.6 Å². The second-order valence-corrected chi connectivity index (χ2v) is 8.13. The molecular weight excluding hydrogens is 474 g/mol. The maximum atomic E-state index is 12.9. The SMILES string of the molecule is O=C1C(=O)N(c2nccs2)[C@@H](c2ccc([N+](=O)[O-])cc2)/C1=C(\O)c1ccc(Br)cc1. The standard InChI is InChI=1S/C20H12BrN3O5S/c21-13-5-1-12(2-6-13)17(25)15-16(11-3-7-14(8-4-11)24(28)29)23(19(27)18(15)26)20-22-9-10-30-20/h1-10,16,25H/b17-15+/t16-/m0/s1. The van der Waals surface area contributed by atoms with Gasteiger partial charge in [-0.3, -0.25) is 24.6 Å². The van der Waals surface area contributed by atoms with Gasteiger partial charge in [0.05, 0.1) is 16.5 Å². The van der Waals surface area contributed by atoms with E-state index in [9.17, 15) is 24.8 Å². The van der Waals surface area contributed by atoms with Crippen molar-refractivity contribution in [2.75, 3.05) is 4.90 Å². The molecule has 1 aromatic heterocycles. The van der Waals surface area contributed by atoms with E-state index in [1.165, 1.54) is 46.7 Å². The first kappa shape index (κ1) is 19.9. The first-order valence-corrected chi connectivity index (χ1v) is 10.3. The largest absolute Gasteiger partial charge is 0.507 e. The predicted molar refractivity (Wildman–Crippen MR) is 114 cm³/mol. The molecule has 30 heavy (non-hydrogen) atoms. The Hall–Kier alpha value is -3.37. The fourth-order valence-corrected chi connectivity index (χ4v) is 4.15. The highest BCUT2D eigenvalue weighted by Gasteiger charge is 2.48. The lowest BCUT2D eigenvalue weighted by Gasteiger charge is -2.22. The molecule has 0 radical (unpaired) electrons. The maximum Gasteiger partial charge on any atom is 0.301 e. The maximum absolute atomic E-state index is 12.9. The minimum absolute atomic E-state index is 0.105. The molecule has 1 aliphatic heterocycles. The van der Waals surface area contributed by atoms with Crippen LogP contribution in [0, 0.1) is 10.1 Å². The van der Waals surface area contributed by atoms with Crippen LogP contribution in [0.25, 0.3) is 5.76 Å². The van der Waals surface area contributed by atoms with Crippen LogP contribution in [0.1, 0.15) is 17.2 Å². The number of aliphatic hydroxyl groups is 1. The van der Waals surface area contributed by atoms with E-state index in [2.05, 4.69) is 20.9 Å². The highest BCUT2D eigenvalue weighted by atomic mass is 79.9. The van der Waals surface area contributed by atoms with Crippen LogP contribution in [-0.2, 0) is 9.59 Å². The van der Waals surface area contributed by atoms with Gasteiger partial charge < -0.3 is 5.11 Å². The van der Waals surface area contributed by atoms with Gasteiger partial charge in [-0.15, -0.1) is 11.3 Å². The fraction of sp³-hybridized carbons (Fsp3) is 0.0500. The number of hydrogen-bond acceptors (Lipinski definition) is 7. The van der Waals surface area contributed by atoms with Gasteiger partial charge in [-0.2, -0.15) is 0 Å². The Morgan fingerprint density at radius 1 is 1.13 bits per heavy atom. The van der Waals surface area contributed by atoms with Gasteiger partial charge in [0, 0.05) is 33.7 Å². The normalized spacial score (nSPS) is 18.0. The van der Waals surface area contributed by atoms with E-state index < -0.39 is 22.7 Å². The van der Waals surface area contributed by atoms with Crippen molar-refractivity contribution in [3.63, 3.8) is 0 Å². The lowest BCUT2D eigenvalue weighted by molar-refractivity contribution is -0.384. The number of Topliss-reactive ketones (excluding diaryl/α,β-unsaturated/α-hetero) is 1. The smallest absolute Gasteiger partial charge is 0.301 e. The van der Waals surface area contributed by atoms with Crippen LogP contribution in [-0.4, -0.2) is 26.7 Å². The number of nitrogens with zero attached hydrogens (tertiary/aromatic N) is 3. The van der Waals surface area contributed by atoms with Crippen molar-refractivity contribution in [1.29, 1.82) is 0 Å². The van der Waals surface area contributed by atoms with Crippen LogP contribution in [0.2, 0.25) is 0 Å². The molecule has 0 spiro atoms. The number of thiazole rings is 1. The summed E-state index contributed by atoms with van der Waals surface area (Å²) in [5.41, 5.74) is 0.570. The Kier molecular flexibility index (Phi) is 5.18. The molecule has 1 amide bonds. The molecule has 3 aromatic rings. The number of carbonyl (C=O) groups excluding carboxylic acids is 2. The van der Waals surface area contributed by atoms with Gasteiger partial charge in [-0.05, 0) is 29.8 Å². The molecule has 2 aromatic carbocycles. The molecule has 0 unspecified atom stereocenters.